The number of nitrogens with one attached hydrogen (secondary N) is 1. The number of oxazole rings is 1. The first-order chi connectivity index (χ1) is 11.1. The summed E-state index contributed by atoms with van der Waals surface area (Å²) < 4.78 is 5.43. The maximum absolute atomic E-state index is 12.2. The molecule has 6 heteroatoms. The number of aromatic nitrogens is 1. The van der Waals surface area contributed by atoms with Crippen LogP contribution in [0.25, 0.3) is 11.5 Å². The van der Waals surface area contributed by atoms with Crippen LogP contribution in [0, 0.1) is 0 Å². The fraction of sp³-hybridized carbons (Fsp3) is 0.412. The molecule has 1 aliphatic rings. The number of hydrogen-bond acceptors (Lipinski definition) is 4. The van der Waals surface area contributed by atoms with Gasteiger partial charge in [-0.2, -0.15) is 0 Å². The molecule has 1 aliphatic carbocycles. The van der Waals surface area contributed by atoms with Crippen molar-refractivity contribution in [2.45, 2.75) is 37.6 Å². The molecule has 1 amide bonds. The normalized spacial score (nSPS) is 16.4. The van der Waals surface area contributed by atoms with Gasteiger partial charge in [-0.15, -0.1) is 0 Å². The van der Waals surface area contributed by atoms with Gasteiger partial charge in [-0.25, -0.2) is 4.98 Å². The number of aliphatic hydroxyl groups excluding tert-OH is 1. The van der Waals surface area contributed by atoms with Crippen LogP contribution in [-0.2, 0) is 11.2 Å². The van der Waals surface area contributed by atoms with Crippen molar-refractivity contribution >= 4 is 17.5 Å². The molecule has 1 aromatic carbocycles. The molecule has 0 aliphatic heterocycles. The number of halogens is 1. The highest BCUT2D eigenvalue weighted by Crippen LogP contribution is 2.29. The third-order valence-corrected chi connectivity index (χ3v) is 4.50. The maximum Gasteiger partial charge on any atom is 0.226 e. The summed E-state index contributed by atoms with van der Waals surface area (Å²) in [7, 11) is 0. The molecule has 122 valence electrons. The van der Waals surface area contributed by atoms with E-state index in [-0.39, 0.29) is 18.9 Å². The second-order valence-electron chi connectivity index (χ2n) is 6.02. The predicted octanol–water partition coefficient (Wildman–Crippen LogP) is 2.96. The Balaban J connectivity index is 1.64. The number of rotatable bonds is 5. The monoisotopic (exact) mass is 334 g/mol. The van der Waals surface area contributed by atoms with Gasteiger partial charge in [0.1, 0.15) is 6.26 Å². The molecule has 0 radical (unpaired) electrons. The van der Waals surface area contributed by atoms with Crippen LogP contribution in [0.4, 0.5) is 0 Å². The largest absolute Gasteiger partial charge is 0.444 e. The van der Waals surface area contributed by atoms with E-state index in [1.54, 1.807) is 12.1 Å². The Morgan fingerprint density at radius 3 is 2.65 bits per heavy atom. The van der Waals surface area contributed by atoms with Crippen LogP contribution in [-0.4, -0.2) is 28.1 Å². The lowest BCUT2D eigenvalue weighted by molar-refractivity contribution is -0.123. The number of hydrogen-bond donors (Lipinski definition) is 2. The topological polar surface area (TPSA) is 75.4 Å². The van der Waals surface area contributed by atoms with E-state index >= 15 is 0 Å². The summed E-state index contributed by atoms with van der Waals surface area (Å²) in [6.07, 6.45) is 5.34. The van der Waals surface area contributed by atoms with Crippen molar-refractivity contribution in [1.82, 2.24) is 10.3 Å². The van der Waals surface area contributed by atoms with Crippen molar-refractivity contribution in [3.05, 3.63) is 41.2 Å². The average Bonchev–Trinajstić information content (AvgIpc) is 3.18. The van der Waals surface area contributed by atoms with Gasteiger partial charge in [-0.3, -0.25) is 4.79 Å². The molecular weight excluding hydrogens is 316 g/mol. The minimum absolute atomic E-state index is 0.0203. The molecule has 0 spiro atoms. The highest BCUT2D eigenvalue weighted by molar-refractivity contribution is 6.30. The van der Waals surface area contributed by atoms with Crippen molar-refractivity contribution < 1.29 is 14.3 Å². The van der Waals surface area contributed by atoms with Gasteiger partial charge >= 0.3 is 0 Å². The number of amides is 1. The van der Waals surface area contributed by atoms with E-state index in [4.69, 9.17) is 16.0 Å². The van der Waals surface area contributed by atoms with E-state index in [2.05, 4.69) is 10.3 Å². The van der Waals surface area contributed by atoms with Gasteiger partial charge in [0.15, 0.2) is 0 Å². The van der Waals surface area contributed by atoms with Crippen molar-refractivity contribution in [1.29, 1.82) is 0 Å². The van der Waals surface area contributed by atoms with Crippen LogP contribution < -0.4 is 5.32 Å². The number of benzene rings is 1. The Bertz CT molecular complexity index is 675. The third-order valence-electron chi connectivity index (χ3n) is 4.25. The van der Waals surface area contributed by atoms with E-state index < -0.39 is 5.54 Å². The van der Waals surface area contributed by atoms with Crippen LogP contribution in [0.15, 0.2) is 34.9 Å². The second kappa shape index (κ2) is 6.72. The van der Waals surface area contributed by atoms with Gasteiger partial charge in [-0.05, 0) is 37.1 Å². The lowest BCUT2D eigenvalue weighted by Crippen LogP contribution is -2.49. The molecule has 1 fully saturated rings. The zero-order valence-corrected chi connectivity index (χ0v) is 13.5. The van der Waals surface area contributed by atoms with E-state index in [0.29, 0.717) is 16.6 Å². The Morgan fingerprint density at radius 2 is 2.00 bits per heavy atom. The molecule has 3 rings (SSSR count). The Morgan fingerprint density at radius 1 is 1.30 bits per heavy atom. The Hall–Kier alpha value is -1.85. The summed E-state index contributed by atoms with van der Waals surface area (Å²) in [6, 6.07) is 7.16. The fourth-order valence-corrected chi connectivity index (χ4v) is 3.12. The van der Waals surface area contributed by atoms with Crippen LogP contribution in [0.2, 0.25) is 5.02 Å². The zero-order valence-electron chi connectivity index (χ0n) is 12.7. The van der Waals surface area contributed by atoms with Crippen molar-refractivity contribution in [3.63, 3.8) is 0 Å². The third kappa shape index (κ3) is 3.74. The second-order valence-corrected chi connectivity index (χ2v) is 6.46. The molecule has 1 saturated carbocycles. The minimum Gasteiger partial charge on any atom is -0.444 e. The smallest absolute Gasteiger partial charge is 0.226 e. The Kier molecular flexibility index (Phi) is 4.68. The maximum atomic E-state index is 12.2. The van der Waals surface area contributed by atoms with Crippen LogP contribution >= 0.6 is 11.6 Å². The summed E-state index contributed by atoms with van der Waals surface area (Å²) in [5.41, 5.74) is 0.919. The summed E-state index contributed by atoms with van der Waals surface area (Å²) in [4.78, 5) is 16.5. The van der Waals surface area contributed by atoms with Crippen LogP contribution in [0.3, 0.4) is 0 Å². The van der Waals surface area contributed by atoms with Crippen LogP contribution in [0.5, 0.6) is 0 Å². The number of carbonyl (C=O) groups excluding carboxylic acids is 1. The summed E-state index contributed by atoms with van der Waals surface area (Å²) in [6.45, 7) is -0.0203. The van der Waals surface area contributed by atoms with Gasteiger partial charge in [-0.1, -0.05) is 24.4 Å². The lowest BCUT2D eigenvalue weighted by Gasteiger charge is -2.27. The highest BCUT2D eigenvalue weighted by atomic mass is 35.5. The van der Waals surface area contributed by atoms with Crippen molar-refractivity contribution in [2.75, 3.05) is 6.61 Å². The molecule has 2 aromatic rings. The molecule has 1 aromatic heterocycles. The molecule has 0 bridgehead atoms. The van der Waals surface area contributed by atoms with Crippen LogP contribution in [0.1, 0.15) is 31.4 Å². The number of carbonyl (C=O) groups is 1. The van der Waals surface area contributed by atoms with Gasteiger partial charge in [0, 0.05) is 10.6 Å². The molecular formula is C17H19ClN2O3. The number of aliphatic hydroxyl groups is 1. The van der Waals surface area contributed by atoms with Gasteiger partial charge < -0.3 is 14.8 Å². The standard InChI is InChI=1S/C17H19ClN2O3/c18-13-5-3-12(4-6-13)16-19-14(10-23-16)9-15(22)20-17(11-21)7-1-2-8-17/h3-6,10,21H,1-2,7-9,11H2,(H,20,22). The quantitative estimate of drug-likeness (QED) is 0.881. The molecule has 1 heterocycles. The summed E-state index contributed by atoms with van der Waals surface area (Å²) >= 11 is 5.86. The van der Waals surface area contributed by atoms with E-state index in [1.807, 2.05) is 12.1 Å². The van der Waals surface area contributed by atoms with Crippen molar-refractivity contribution in [3.8, 4) is 11.5 Å². The first-order valence-corrected chi connectivity index (χ1v) is 8.10. The average molecular weight is 335 g/mol. The molecule has 23 heavy (non-hydrogen) atoms. The lowest BCUT2D eigenvalue weighted by atomic mass is 9.98. The first kappa shape index (κ1) is 16.0. The predicted molar refractivity (Wildman–Crippen MR) is 87.1 cm³/mol. The zero-order chi connectivity index (χ0) is 16.3. The van der Waals surface area contributed by atoms with Crippen molar-refractivity contribution in [2.24, 2.45) is 0 Å². The van der Waals surface area contributed by atoms with E-state index in [9.17, 15) is 9.90 Å². The fourth-order valence-electron chi connectivity index (χ4n) is 2.99. The molecule has 0 atom stereocenters. The first-order valence-electron chi connectivity index (χ1n) is 7.72. The summed E-state index contributed by atoms with van der Waals surface area (Å²) in [5.74, 6) is 0.319. The molecule has 0 saturated heterocycles. The SMILES string of the molecule is O=C(Cc1coc(-c2ccc(Cl)cc2)n1)NC1(CO)CCCC1. The Labute approximate surface area is 139 Å². The number of nitrogens with zero attached hydrogens (tertiary/aromatic N) is 1. The van der Waals surface area contributed by atoms with E-state index in [0.717, 1.165) is 31.2 Å². The van der Waals surface area contributed by atoms with E-state index in [1.165, 1.54) is 6.26 Å². The highest BCUT2D eigenvalue weighted by Gasteiger charge is 2.34. The van der Waals surface area contributed by atoms with Gasteiger partial charge in [0.05, 0.1) is 24.3 Å². The molecule has 0 unspecified atom stereocenters. The van der Waals surface area contributed by atoms with Gasteiger partial charge in [0.25, 0.3) is 0 Å². The molecule has 2 N–H and O–H groups in total. The van der Waals surface area contributed by atoms with Gasteiger partial charge in [0.2, 0.25) is 11.8 Å². The summed E-state index contributed by atoms with van der Waals surface area (Å²) in [5, 5.41) is 13.2. The minimum atomic E-state index is -0.459. The molecule has 5 nitrogen and oxygen atoms in total.